The van der Waals surface area contributed by atoms with E-state index in [0.29, 0.717) is 11.1 Å². The average Bonchev–Trinajstić information content (AvgIpc) is 2.70. The zero-order chi connectivity index (χ0) is 10.7. The van der Waals surface area contributed by atoms with Crippen molar-refractivity contribution in [1.82, 2.24) is 10.3 Å². The van der Waals surface area contributed by atoms with Crippen molar-refractivity contribution in [2.75, 3.05) is 13.1 Å². The lowest BCUT2D eigenvalue weighted by atomic mass is 10.2. The number of rotatable bonds is 3. The Balaban J connectivity index is 1.97. The Morgan fingerprint density at radius 1 is 1.60 bits per heavy atom. The average molecular weight is 227 g/mol. The molecule has 1 aromatic rings. The highest BCUT2D eigenvalue weighted by Crippen LogP contribution is 2.22. The first-order chi connectivity index (χ1) is 7.25. The van der Waals surface area contributed by atoms with Crippen LogP contribution in [-0.4, -0.2) is 24.2 Å². The molecule has 3 nitrogen and oxygen atoms in total. The van der Waals surface area contributed by atoms with Gasteiger partial charge in [-0.2, -0.15) is 0 Å². The number of halogens is 1. The van der Waals surface area contributed by atoms with Gasteiger partial charge in [0.1, 0.15) is 0 Å². The van der Waals surface area contributed by atoms with Crippen LogP contribution in [0.2, 0.25) is 5.02 Å². The van der Waals surface area contributed by atoms with E-state index < -0.39 is 0 Å². The number of nitrogens with one attached hydrogen (secondary N) is 1. The summed E-state index contributed by atoms with van der Waals surface area (Å²) in [6, 6.07) is 1.90. The molecule has 2 heterocycles. The van der Waals surface area contributed by atoms with Gasteiger partial charge in [-0.25, -0.2) is 0 Å². The molecule has 0 amide bonds. The van der Waals surface area contributed by atoms with Gasteiger partial charge in [0.05, 0.1) is 17.2 Å². The van der Waals surface area contributed by atoms with Crippen molar-refractivity contribution < 1.29 is 4.74 Å². The third-order valence-electron chi connectivity index (χ3n) is 2.61. The van der Waals surface area contributed by atoms with Crippen LogP contribution in [0.5, 0.6) is 0 Å². The molecule has 15 heavy (non-hydrogen) atoms. The van der Waals surface area contributed by atoms with Crippen LogP contribution in [0.25, 0.3) is 0 Å². The maximum Gasteiger partial charge on any atom is 0.0816 e. The molecule has 82 valence electrons. The maximum atomic E-state index is 5.89. The van der Waals surface area contributed by atoms with E-state index in [1.165, 1.54) is 0 Å². The van der Waals surface area contributed by atoms with Crippen molar-refractivity contribution in [3.63, 3.8) is 0 Å². The van der Waals surface area contributed by atoms with Crippen LogP contribution in [-0.2, 0) is 4.74 Å². The van der Waals surface area contributed by atoms with E-state index in [9.17, 15) is 0 Å². The molecule has 0 aromatic carbocycles. The molecule has 1 aromatic heterocycles. The molecular weight excluding hydrogens is 212 g/mol. The molecule has 0 saturated carbocycles. The van der Waals surface area contributed by atoms with Crippen LogP contribution in [0.1, 0.15) is 25.0 Å². The van der Waals surface area contributed by atoms with Gasteiger partial charge < -0.3 is 10.1 Å². The third kappa shape index (κ3) is 2.91. The van der Waals surface area contributed by atoms with Gasteiger partial charge in [0.25, 0.3) is 0 Å². The number of nitrogens with zero attached hydrogens (tertiary/aromatic N) is 1. The van der Waals surface area contributed by atoms with E-state index in [0.717, 1.165) is 25.1 Å². The fraction of sp³-hybridized carbons (Fsp3) is 0.545. The number of ether oxygens (including phenoxy) is 1. The predicted molar refractivity (Wildman–Crippen MR) is 60.0 cm³/mol. The van der Waals surface area contributed by atoms with Crippen LogP contribution >= 0.6 is 11.6 Å². The zero-order valence-electron chi connectivity index (χ0n) is 8.74. The fourth-order valence-corrected chi connectivity index (χ4v) is 1.94. The van der Waals surface area contributed by atoms with Gasteiger partial charge in [-0.3, -0.25) is 4.98 Å². The highest BCUT2D eigenvalue weighted by molar-refractivity contribution is 6.30. The molecule has 2 rings (SSSR count). The van der Waals surface area contributed by atoms with Gasteiger partial charge in [-0.15, -0.1) is 0 Å². The molecule has 1 aliphatic rings. The van der Waals surface area contributed by atoms with Crippen molar-refractivity contribution in [3.8, 4) is 0 Å². The van der Waals surface area contributed by atoms with E-state index >= 15 is 0 Å². The first-order valence-corrected chi connectivity index (χ1v) is 5.60. The summed E-state index contributed by atoms with van der Waals surface area (Å²) in [5.41, 5.74) is 1.04. The van der Waals surface area contributed by atoms with Gasteiger partial charge in [0, 0.05) is 24.5 Å². The van der Waals surface area contributed by atoms with E-state index in [1.54, 1.807) is 12.4 Å². The van der Waals surface area contributed by atoms with Crippen molar-refractivity contribution in [2.24, 2.45) is 0 Å². The number of pyridine rings is 1. The van der Waals surface area contributed by atoms with Crippen molar-refractivity contribution in [3.05, 3.63) is 29.0 Å². The second-order valence-corrected chi connectivity index (χ2v) is 4.27. The highest BCUT2D eigenvalue weighted by Gasteiger charge is 2.18. The van der Waals surface area contributed by atoms with Gasteiger partial charge >= 0.3 is 0 Å². The van der Waals surface area contributed by atoms with E-state index in [1.807, 2.05) is 13.0 Å². The normalized spacial score (nSPS) is 22.9. The monoisotopic (exact) mass is 226 g/mol. The molecule has 0 spiro atoms. The zero-order valence-corrected chi connectivity index (χ0v) is 9.50. The first-order valence-electron chi connectivity index (χ1n) is 5.22. The molecule has 0 bridgehead atoms. The predicted octanol–water partition coefficient (Wildman–Crippen LogP) is 2.17. The molecule has 1 aliphatic heterocycles. The van der Waals surface area contributed by atoms with Crippen LogP contribution in [0, 0.1) is 0 Å². The van der Waals surface area contributed by atoms with Crippen molar-refractivity contribution in [1.29, 1.82) is 0 Å². The number of hydrogen-bond donors (Lipinski definition) is 1. The second-order valence-electron chi connectivity index (χ2n) is 3.83. The Kier molecular flexibility index (Phi) is 3.57. The molecule has 0 radical (unpaired) electrons. The molecule has 0 aliphatic carbocycles. The Hall–Kier alpha value is -0.640. The molecule has 0 unspecified atom stereocenters. The van der Waals surface area contributed by atoms with E-state index in [2.05, 4.69) is 10.3 Å². The number of hydrogen-bond acceptors (Lipinski definition) is 3. The van der Waals surface area contributed by atoms with Crippen LogP contribution in [0.15, 0.2) is 18.5 Å². The quantitative estimate of drug-likeness (QED) is 0.858. The Bertz CT molecular complexity index is 326. The maximum absolute atomic E-state index is 5.89. The lowest BCUT2D eigenvalue weighted by Gasteiger charge is -2.17. The smallest absolute Gasteiger partial charge is 0.0816 e. The molecular formula is C11H15ClN2O. The van der Waals surface area contributed by atoms with Crippen molar-refractivity contribution in [2.45, 2.75) is 25.6 Å². The summed E-state index contributed by atoms with van der Waals surface area (Å²) in [6.45, 7) is 4.02. The Morgan fingerprint density at radius 3 is 3.13 bits per heavy atom. The fourth-order valence-electron chi connectivity index (χ4n) is 1.76. The summed E-state index contributed by atoms with van der Waals surface area (Å²) in [5.74, 6) is 0. The molecule has 1 saturated heterocycles. The summed E-state index contributed by atoms with van der Waals surface area (Å²) in [6.07, 6.45) is 4.90. The lowest BCUT2D eigenvalue weighted by Crippen LogP contribution is -2.18. The van der Waals surface area contributed by atoms with Crippen LogP contribution in [0.3, 0.4) is 0 Å². The molecule has 1 N–H and O–H groups in total. The summed E-state index contributed by atoms with van der Waals surface area (Å²) in [4.78, 5) is 4.05. The summed E-state index contributed by atoms with van der Waals surface area (Å²) in [5, 5.41) is 3.93. The van der Waals surface area contributed by atoms with Gasteiger partial charge in [0.15, 0.2) is 0 Å². The lowest BCUT2D eigenvalue weighted by molar-refractivity contribution is 0.00812. The first kappa shape index (κ1) is 10.9. The molecule has 2 atom stereocenters. The van der Waals surface area contributed by atoms with Crippen molar-refractivity contribution >= 4 is 11.6 Å². The molecule has 4 heteroatoms. The van der Waals surface area contributed by atoms with Gasteiger partial charge in [-0.1, -0.05) is 11.6 Å². The minimum absolute atomic E-state index is 0.0566. The minimum Gasteiger partial charge on any atom is -0.369 e. The third-order valence-corrected chi connectivity index (χ3v) is 2.81. The number of aromatic nitrogens is 1. The minimum atomic E-state index is 0.0566. The standard InChI is InChI=1S/C11H15ClN2O/c1-8(15-11-2-3-13-7-11)9-4-10(12)6-14-5-9/h4-6,8,11,13H,2-3,7H2,1H3/t8-,11+/m1/s1. The highest BCUT2D eigenvalue weighted by atomic mass is 35.5. The van der Waals surface area contributed by atoms with E-state index in [4.69, 9.17) is 16.3 Å². The van der Waals surface area contributed by atoms with E-state index in [-0.39, 0.29) is 6.10 Å². The summed E-state index contributed by atoms with van der Waals surface area (Å²) >= 11 is 5.88. The van der Waals surface area contributed by atoms with Crippen LogP contribution < -0.4 is 5.32 Å². The Morgan fingerprint density at radius 2 is 2.47 bits per heavy atom. The Labute approximate surface area is 94.8 Å². The SMILES string of the molecule is C[C@@H](O[C@H]1CCNC1)c1cncc(Cl)c1. The van der Waals surface area contributed by atoms with Crippen LogP contribution in [0.4, 0.5) is 0 Å². The largest absolute Gasteiger partial charge is 0.369 e. The second kappa shape index (κ2) is 4.92. The topological polar surface area (TPSA) is 34.1 Å². The van der Waals surface area contributed by atoms with Gasteiger partial charge in [-0.05, 0) is 26.0 Å². The van der Waals surface area contributed by atoms with Gasteiger partial charge in [0.2, 0.25) is 0 Å². The summed E-state index contributed by atoms with van der Waals surface area (Å²) < 4.78 is 5.89. The summed E-state index contributed by atoms with van der Waals surface area (Å²) in [7, 11) is 0. The molecule has 1 fully saturated rings.